The van der Waals surface area contributed by atoms with Gasteiger partial charge in [-0.15, -0.1) is 0 Å². The van der Waals surface area contributed by atoms with Crippen LogP contribution in [0.2, 0.25) is 13.3 Å². The van der Waals surface area contributed by atoms with Crippen LogP contribution in [-0.2, 0) is 54.4 Å². The molecule has 3 N–H and O–H groups in total. The number of esters is 2. The molecular formula is C66H118N8O11Sn. The van der Waals surface area contributed by atoms with Crippen molar-refractivity contribution in [3.05, 3.63) is 29.8 Å². The predicted molar refractivity (Wildman–Crippen MR) is 345 cm³/mol. The molecule has 1 saturated heterocycles. The van der Waals surface area contributed by atoms with E-state index >= 15 is 0 Å². The summed E-state index contributed by atoms with van der Waals surface area (Å²) >= 11 is -2.65. The third kappa shape index (κ3) is 37.5. The number of hydrogen-bond donors (Lipinski definition) is 3. The normalized spacial score (nSPS) is 15.3. The summed E-state index contributed by atoms with van der Waals surface area (Å²) in [4.78, 5) is 118. The first-order valence-corrected chi connectivity index (χ1v) is 39.9. The monoisotopic (exact) mass is 1320 g/mol. The van der Waals surface area contributed by atoms with Crippen molar-refractivity contribution in [2.75, 3.05) is 91.6 Å². The summed E-state index contributed by atoms with van der Waals surface area (Å²) in [5, 5.41) is 9.34. The summed E-state index contributed by atoms with van der Waals surface area (Å²) in [7, 11) is 0. The molecule has 1 aliphatic rings. The van der Waals surface area contributed by atoms with E-state index in [4.69, 9.17) is 19.1 Å². The van der Waals surface area contributed by atoms with Gasteiger partial charge in [0.05, 0.1) is 26.2 Å². The van der Waals surface area contributed by atoms with Gasteiger partial charge in [0.1, 0.15) is 22.8 Å². The van der Waals surface area contributed by atoms with Crippen LogP contribution in [0, 0.1) is 5.41 Å². The van der Waals surface area contributed by atoms with Gasteiger partial charge in [0, 0.05) is 64.8 Å². The third-order valence-corrected chi connectivity index (χ3v) is 31.2. The van der Waals surface area contributed by atoms with Gasteiger partial charge in [-0.2, -0.15) is 9.59 Å². The summed E-state index contributed by atoms with van der Waals surface area (Å²) in [5.74, 6) is -0.553. The van der Waals surface area contributed by atoms with E-state index in [-0.39, 0.29) is 97.6 Å². The van der Waals surface area contributed by atoms with E-state index in [9.17, 15) is 33.6 Å². The summed E-state index contributed by atoms with van der Waals surface area (Å²) < 4.78 is 16.9. The minimum Gasteiger partial charge on any atom is -0.186 e. The number of Topliss-reactive ketones (excluding diaryl/α,β-unsaturated/α-hetero) is 2. The molecule has 0 saturated carbocycles. The molecule has 0 spiro atoms. The quantitative estimate of drug-likeness (QED) is 0.0328. The molecule has 492 valence electrons. The van der Waals surface area contributed by atoms with Crippen LogP contribution >= 0.6 is 0 Å². The maximum absolute atomic E-state index is 14.3. The average Bonchev–Trinajstić information content (AvgIpc) is 1.52. The van der Waals surface area contributed by atoms with Gasteiger partial charge < -0.3 is 14.8 Å². The van der Waals surface area contributed by atoms with Crippen molar-refractivity contribution in [1.82, 2.24) is 40.4 Å². The van der Waals surface area contributed by atoms with Crippen molar-refractivity contribution in [2.24, 2.45) is 5.41 Å². The molecule has 2 rings (SSSR count). The summed E-state index contributed by atoms with van der Waals surface area (Å²) in [6.45, 7) is 36.1. The summed E-state index contributed by atoms with van der Waals surface area (Å²) in [6, 6.07) is 8.82. The fraction of sp³-hybridized carbons (Fsp3) is 0.788. The molecule has 1 heterocycles. The number of nitrogens with one attached hydrogen (secondary N) is 3. The van der Waals surface area contributed by atoms with Crippen LogP contribution in [0.4, 0.5) is 4.79 Å². The van der Waals surface area contributed by atoms with Crippen molar-refractivity contribution in [1.29, 1.82) is 0 Å². The second kappa shape index (κ2) is 42.6. The van der Waals surface area contributed by atoms with Crippen LogP contribution in [0.3, 0.4) is 0 Å². The average molecular weight is 1320 g/mol. The molecule has 86 heavy (non-hydrogen) atoms. The van der Waals surface area contributed by atoms with Gasteiger partial charge in [0.2, 0.25) is 5.91 Å². The molecule has 20 heteroatoms. The zero-order chi connectivity index (χ0) is 64.9. The van der Waals surface area contributed by atoms with Crippen LogP contribution < -0.4 is 19.5 Å². The van der Waals surface area contributed by atoms with Crippen LogP contribution in [0.25, 0.3) is 0 Å². The number of carbonyl (C=O) groups is 7. The summed E-state index contributed by atoms with van der Waals surface area (Å²) in [5.41, 5.74) is -0.253. The number of nitrogens with zero attached hydrogens (tertiary/aromatic N) is 5. The Morgan fingerprint density at radius 1 is 0.581 bits per heavy atom. The van der Waals surface area contributed by atoms with Crippen molar-refractivity contribution >= 4 is 69.5 Å². The molecule has 0 aliphatic carbocycles. The Morgan fingerprint density at radius 3 is 1.48 bits per heavy atom. The Morgan fingerprint density at radius 2 is 1.03 bits per heavy atom. The smallest absolute Gasteiger partial charge is 0.186 e. The molecular weight excluding hydrogens is 1200 g/mol. The van der Waals surface area contributed by atoms with Gasteiger partial charge in [0.15, 0.2) is 0 Å². The first kappa shape index (κ1) is 79.7. The summed E-state index contributed by atoms with van der Waals surface area (Å²) in [6.07, 6.45) is 12.4. The SMILES string of the molecule is CCC[CH2][Sn]([CH2]CCC)([CH2]CCC)[c]1ccc(CN(CCCC[C@H](NC(=O)N[C@H](C)CCC(=O)OC(C)(C)C)C(C)(C)C)C(=O)CCCCNC(=O)CN2CCN(CC(C)=O)CCN(CC(=O)OC(C)(C)C)CCN(CC(C)=O)CC2)cc1.O=C=O. The molecule has 0 bridgehead atoms. The Bertz CT molecular complexity index is 2140. The van der Waals surface area contributed by atoms with Gasteiger partial charge in [-0.05, 0) is 68.7 Å². The van der Waals surface area contributed by atoms with Crippen LogP contribution in [0.5, 0.6) is 0 Å². The van der Waals surface area contributed by atoms with Crippen molar-refractivity contribution in [3.63, 3.8) is 0 Å². The van der Waals surface area contributed by atoms with Crippen LogP contribution in [0.15, 0.2) is 24.3 Å². The third-order valence-electron chi connectivity index (χ3n) is 15.5. The number of hydrogen-bond acceptors (Lipinski definition) is 15. The van der Waals surface area contributed by atoms with Crippen LogP contribution in [-0.4, -0.2) is 205 Å². The van der Waals surface area contributed by atoms with Gasteiger partial charge in [-0.25, -0.2) is 4.79 Å². The topological polar surface area (TPSA) is 224 Å². The molecule has 1 fully saturated rings. The van der Waals surface area contributed by atoms with Gasteiger partial charge in [-0.1, -0.05) is 20.8 Å². The molecule has 0 unspecified atom stereocenters. The molecule has 0 aromatic heterocycles. The van der Waals surface area contributed by atoms with Gasteiger partial charge >= 0.3 is 244 Å². The number of rotatable bonds is 35. The zero-order valence-corrected chi connectivity index (χ0v) is 59.2. The number of amides is 4. The number of ether oxygens (including phenoxy) is 2. The Kier molecular flexibility index (Phi) is 39.5. The first-order valence-electron chi connectivity index (χ1n) is 32.4. The van der Waals surface area contributed by atoms with E-state index < -0.39 is 29.6 Å². The molecule has 1 aromatic carbocycles. The van der Waals surface area contributed by atoms with E-state index in [0.717, 1.165) is 24.8 Å². The second-order valence-electron chi connectivity index (χ2n) is 27.1. The van der Waals surface area contributed by atoms with Crippen molar-refractivity contribution in [3.8, 4) is 0 Å². The number of ketones is 2. The van der Waals surface area contributed by atoms with E-state index in [1.807, 2.05) is 58.3 Å². The van der Waals surface area contributed by atoms with Gasteiger partial charge in [-0.3, -0.25) is 43.6 Å². The number of carbonyl (C=O) groups excluding carboxylic acids is 9. The van der Waals surface area contributed by atoms with E-state index in [1.165, 1.54) is 51.8 Å². The fourth-order valence-electron chi connectivity index (χ4n) is 10.9. The second-order valence-corrected chi connectivity index (χ2v) is 40.4. The number of benzene rings is 1. The van der Waals surface area contributed by atoms with Crippen molar-refractivity contribution < 1.29 is 52.6 Å². The molecule has 4 amide bonds. The van der Waals surface area contributed by atoms with E-state index in [2.05, 4.69) is 96.5 Å². The Hall–Kier alpha value is -4.27. The standard InChI is InChI=1S/C53H91N8O9.3C4H9.CO2.Sn/c1-41(24-25-48(66)69-52(7,8)9)55-50(68)56-45(51(4,5)6)22-17-19-27-61(38-44-20-14-13-15-21-44)47(65)23-16-18-26-54-46(64)39-59-32-28-57(36-42(2)62)30-34-60(40-49(67)70-53(10,11)12)35-31-58(29-33-59)37-43(3)63;3*1-3-4-2;2-1-3;/h14-15,20-21,41,45H,16-19,22-40H2,1-12H3,(H,54,64)(H2,55,56,68);3*1,3-4H2,2H3;;/t41-,45+;;;;;/m1...../s1. The number of urea groups is 1. The minimum atomic E-state index is -2.65. The first-order chi connectivity index (χ1) is 40.4. The van der Waals surface area contributed by atoms with E-state index in [1.54, 1.807) is 17.4 Å². The molecule has 1 aromatic rings. The molecule has 2 atom stereocenters. The van der Waals surface area contributed by atoms with Crippen molar-refractivity contribution in [2.45, 2.75) is 237 Å². The fourth-order valence-corrected chi connectivity index (χ4v) is 26.8. The maximum Gasteiger partial charge on any atom is 0.373 e. The Balaban J connectivity index is 0.0000121. The minimum absolute atomic E-state index is 0.0386. The maximum atomic E-state index is 14.3. The largest absolute Gasteiger partial charge is 0.373 e. The van der Waals surface area contributed by atoms with Gasteiger partial charge in [0.25, 0.3) is 0 Å². The zero-order valence-electron chi connectivity index (χ0n) is 56.3. The molecule has 0 radical (unpaired) electrons. The van der Waals surface area contributed by atoms with E-state index in [0.29, 0.717) is 97.7 Å². The van der Waals surface area contributed by atoms with Crippen LogP contribution in [0.1, 0.15) is 199 Å². The Labute approximate surface area is 523 Å². The predicted octanol–water partition coefficient (Wildman–Crippen LogP) is 8.91. The molecule has 1 aliphatic heterocycles. The number of unbranched alkanes of at least 4 members (excludes halogenated alkanes) is 5. The molecule has 19 nitrogen and oxygen atoms in total.